The van der Waals surface area contributed by atoms with E-state index in [1.54, 1.807) is 25.6 Å². The number of aryl methyl sites for hydroxylation is 1. The van der Waals surface area contributed by atoms with Crippen molar-refractivity contribution in [3.05, 3.63) is 38.3 Å². The highest BCUT2D eigenvalue weighted by Crippen LogP contribution is 2.41. The van der Waals surface area contributed by atoms with E-state index in [1.165, 1.54) is 0 Å². The minimum absolute atomic E-state index is 0.0401. The van der Waals surface area contributed by atoms with Crippen molar-refractivity contribution in [2.75, 3.05) is 21.3 Å². The van der Waals surface area contributed by atoms with Crippen molar-refractivity contribution in [3.63, 3.8) is 0 Å². The maximum absolute atomic E-state index is 5.55. The Morgan fingerprint density at radius 3 is 2.55 bits per heavy atom. The second kappa shape index (κ2) is 6.56. The van der Waals surface area contributed by atoms with Gasteiger partial charge >= 0.3 is 0 Å². The molecule has 4 nitrogen and oxygen atoms in total. The van der Waals surface area contributed by atoms with E-state index in [4.69, 9.17) is 9.47 Å². The van der Waals surface area contributed by atoms with Gasteiger partial charge in [-0.3, -0.25) is 0 Å². The SMILES string of the molecule is CNC(c1cnc(C)s1)c1ccc(OC)c(Br)c1OC. The van der Waals surface area contributed by atoms with Gasteiger partial charge in [0.15, 0.2) is 0 Å². The number of hydrogen-bond acceptors (Lipinski definition) is 5. The first-order chi connectivity index (χ1) is 9.62. The van der Waals surface area contributed by atoms with Gasteiger partial charge in [0.05, 0.1) is 25.3 Å². The molecule has 20 heavy (non-hydrogen) atoms. The third-order valence-electron chi connectivity index (χ3n) is 3.04. The fourth-order valence-electron chi connectivity index (χ4n) is 2.11. The van der Waals surface area contributed by atoms with Gasteiger partial charge in [-0.25, -0.2) is 4.98 Å². The number of benzene rings is 1. The number of halogens is 1. The van der Waals surface area contributed by atoms with Crippen LogP contribution in [0.3, 0.4) is 0 Å². The zero-order valence-electron chi connectivity index (χ0n) is 11.9. The molecule has 2 rings (SSSR count). The fraction of sp³-hybridized carbons (Fsp3) is 0.357. The van der Waals surface area contributed by atoms with Crippen LogP contribution in [0, 0.1) is 6.92 Å². The monoisotopic (exact) mass is 356 g/mol. The van der Waals surface area contributed by atoms with E-state index in [0.29, 0.717) is 0 Å². The zero-order chi connectivity index (χ0) is 14.7. The molecule has 0 saturated heterocycles. The van der Waals surface area contributed by atoms with E-state index < -0.39 is 0 Å². The molecule has 1 aromatic carbocycles. The van der Waals surface area contributed by atoms with E-state index in [-0.39, 0.29) is 6.04 Å². The molecule has 1 N–H and O–H groups in total. The molecule has 1 unspecified atom stereocenters. The molecule has 0 aliphatic carbocycles. The van der Waals surface area contributed by atoms with Crippen molar-refractivity contribution in [1.82, 2.24) is 10.3 Å². The average molecular weight is 357 g/mol. The summed E-state index contributed by atoms with van der Waals surface area (Å²) < 4.78 is 11.7. The van der Waals surface area contributed by atoms with Gasteiger partial charge in [-0.1, -0.05) is 0 Å². The van der Waals surface area contributed by atoms with Gasteiger partial charge in [-0.05, 0) is 42.0 Å². The number of nitrogens with zero attached hydrogens (tertiary/aromatic N) is 1. The van der Waals surface area contributed by atoms with Gasteiger partial charge in [-0.2, -0.15) is 0 Å². The molecule has 0 aliphatic rings. The van der Waals surface area contributed by atoms with Crippen molar-refractivity contribution in [2.24, 2.45) is 0 Å². The normalized spacial score (nSPS) is 12.2. The second-order valence-corrected chi connectivity index (χ2v) is 6.27. The third kappa shape index (κ3) is 2.82. The number of hydrogen-bond donors (Lipinski definition) is 1. The summed E-state index contributed by atoms with van der Waals surface area (Å²) in [5.74, 6) is 1.52. The van der Waals surface area contributed by atoms with Gasteiger partial charge in [0.1, 0.15) is 16.0 Å². The number of rotatable bonds is 5. The van der Waals surface area contributed by atoms with Gasteiger partial charge in [0.2, 0.25) is 0 Å². The molecule has 1 aromatic heterocycles. The lowest BCUT2D eigenvalue weighted by molar-refractivity contribution is 0.383. The standard InChI is InChI=1S/C14H17BrN2O2S/c1-8-17-7-11(20-8)13(16-2)9-5-6-10(18-3)12(15)14(9)19-4/h5-7,13,16H,1-4H3. The molecule has 1 heterocycles. The number of nitrogens with one attached hydrogen (secondary N) is 1. The van der Waals surface area contributed by atoms with E-state index in [9.17, 15) is 0 Å². The summed E-state index contributed by atoms with van der Waals surface area (Å²) in [5.41, 5.74) is 1.05. The molecule has 0 amide bonds. The van der Waals surface area contributed by atoms with Crippen LogP contribution in [0.4, 0.5) is 0 Å². The van der Waals surface area contributed by atoms with E-state index in [0.717, 1.165) is 31.4 Å². The van der Waals surface area contributed by atoms with Crippen LogP contribution in [-0.4, -0.2) is 26.3 Å². The largest absolute Gasteiger partial charge is 0.495 e. The summed E-state index contributed by atoms with van der Waals surface area (Å²) in [6, 6.07) is 3.98. The van der Waals surface area contributed by atoms with E-state index >= 15 is 0 Å². The molecule has 6 heteroatoms. The molecule has 0 saturated carbocycles. The fourth-order valence-corrected chi connectivity index (χ4v) is 3.71. The van der Waals surface area contributed by atoms with Gasteiger partial charge in [-0.15, -0.1) is 11.3 Å². The molecular weight excluding hydrogens is 340 g/mol. The molecule has 0 aliphatic heterocycles. The Morgan fingerprint density at radius 1 is 1.30 bits per heavy atom. The Bertz CT molecular complexity index is 601. The van der Waals surface area contributed by atoms with Crippen LogP contribution in [-0.2, 0) is 0 Å². The van der Waals surface area contributed by atoms with Crippen molar-refractivity contribution in [2.45, 2.75) is 13.0 Å². The lowest BCUT2D eigenvalue weighted by atomic mass is 10.0. The first kappa shape index (κ1) is 15.3. The predicted octanol–water partition coefficient (Wildman–Crippen LogP) is 3.54. The lowest BCUT2D eigenvalue weighted by Gasteiger charge is -2.20. The predicted molar refractivity (Wildman–Crippen MR) is 85.0 cm³/mol. The molecule has 0 bridgehead atoms. The first-order valence-electron chi connectivity index (χ1n) is 6.12. The minimum atomic E-state index is 0.0401. The summed E-state index contributed by atoms with van der Waals surface area (Å²) in [4.78, 5) is 5.48. The van der Waals surface area contributed by atoms with Crippen LogP contribution in [0.25, 0.3) is 0 Å². The van der Waals surface area contributed by atoms with Crippen LogP contribution in [0.2, 0.25) is 0 Å². The highest BCUT2D eigenvalue weighted by Gasteiger charge is 2.22. The quantitative estimate of drug-likeness (QED) is 0.889. The van der Waals surface area contributed by atoms with Gasteiger partial charge < -0.3 is 14.8 Å². The molecule has 108 valence electrons. The maximum atomic E-state index is 5.55. The highest BCUT2D eigenvalue weighted by molar-refractivity contribution is 9.10. The molecule has 0 fully saturated rings. The Morgan fingerprint density at radius 2 is 2.05 bits per heavy atom. The second-order valence-electron chi connectivity index (χ2n) is 4.21. The first-order valence-corrected chi connectivity index (χ1v) is 7.73. The smallest absolute Gasteiger partial charge is 0.141 e. The minimum Gasteiger partial charge on any atom is -0.495 e. The van der Waals surface area contributed by atoms with Crippen molar-refractivity contribution < 1.29 is 9.47 Å². The summed E-state index contributed by atoms with van der Waals surface area (Å²) >= 11 is 5.21. The third-order valence-corrected chi connectivity index (χ3v) is 4.77. The van der Waals surface area contributed by atoms with Crippen molar-refractivity contribution in [1.29, 1.82) is 0 Å². The average Bonchev–Trinajstić information content (AvgIpc) is 2.86. The van der Waals surface area contributed by atoms with Crippen LogP contribution >= 0.6 is 27.3 Å². The lowest BCUT2D eigenvalue weighted by Crippen LogP contribution is -2.17. The Balaban J connectivity index is 2.52. The van der Waals surface area contributed by atoms with Crippen LogP contribution in [0.1, 0.15) is 21.5 Å². The van der Waals surface area contributed by atoms with Crippen LogP contribution in [0.15, 0.2) is 22.8 Å². The molecular formula is C14H17BrN2O2S. The Hall–Kier alpha value is -1.11. The summed E-state index contributed by atoms with van der Waals surface area (Å²) in [5, 5.41) is 4.36. The zero-order valence-corrected chi connectivity index (χ0v) is 14.3. The topological polar surface area (TPSA) is 43.4 Å². The molecule has 0 radical (unpaired) electrons. The summed E-state index contributed by atoms with van der Waals surface area (Å²) in [6.45, 7) is 2.00. The van der Waals surface area contributed by atoms with E-state index in [2.05, 4.69) is 26.2 Å². The van der Waals surface area contributed by atoms with Crippen LogP contribution < -0.4 is 14.8 Å². The van der Waals surface area contributed by atoms with Crippen LogP contribution in [0.5, 0.6) is 11.5 Å². The summed E-state index contributed by atoms with van der Waals surface area (Å²) in [6.07, 6.45) is 1.90. The van der Waals surface area contributed by atoms with E-state index in [1.807, 2.05) is 32.3 Å². The number of methoxy groups -OCH3 is 2. The maximum Gasteiger partial charge on any atom is 0.141 e. The molecule has 0 spiro atoms. The number of thiazole rings is 1. The Kier molecular flexibility index (Phi) is 5.01. The highest BCUT2D eigenvalue weighted by atomic mass is 79.9. The summed E-state index contributed by atoms with van der Waals surface area (Å²) in [7, 11) is 5.23. The van der Waals surface area contributed by atoms with Gasteiger partial charge in [0.25, 0.3) is 0 Å². The van der Waals surface area contributed by atoms with Crippen molar-refractivity contribution in [3.8, 4) is 11.5 Å². The van der Waals surface area contributed by atoms with Crippen molar-refractivity contribution >= 4 is 27.3 Å². The number of aromatic nitrogens is 1. The van der Waals surface area contributed by atoms with Gasteiger partial charge in [0, 0.05) is 16.6 Å². The Labute approximate surface area is 131 Å². The number of ether oxygens (including phenoxy) is 2. The molecule has 1 atom stereocenters. The molecule has 2 aromatic rings.